The van der Waals surface area contributed by atoms with Crippen molar-refractivity contribution in [2.24, 2.45) is 0 Å². The Labute approximate surface area is 109 Å². The Kier molecular flexibility index (Phi) is 2.86. The van der Waals surface area contributed by atoms with E-state index in [1.165, 1.54) is 0 Å². The molecule has 0 unspecified atom stereocenters. The second-order valence-corrected chi connectivity index (χ2v) is 4.97. The summed E-state index contributed by atoms with van der Waals surface area (Å²) in [6.45, 7) is 0. The fourth-order valence-electron chi connectivity index (χ4n) is 1.81. The van der Waals surface area contributed by atoms with E-state index in [1.54, 1.807) is 30.4 Å². The van der Waals surface area contributed by atoms with Crippen LogP contribution in [0, 0.1) is 0 Å². The minimum absolute atomic E-state index is 0.784. The van der Waals surface area contributed by atoms with Gasteiger partial charge >= 0.3 is 0 Å². The molecule has 88 valence electrons. The molecule has 0 saturated carbocycles. The molecule has 3 nitrogen and oxygen atoms in total. The molecule has 3 rings (SSSR count). The number of benzene rings is 1. The lowest BCUT2D eigenvalue weighted by Gasteiger charge is -2.07. The third-order valence-corrected chi connectivity index (χ3v) is 3.77. The molecule has 18 heavy (non-hydrogen) atoms. The van der Waals surface area contributed by atoms with Gasteiger partial charge in [-0.3, -0.25) is 9.97 Å². The molecule has 4 heteroatoms. The topological polar surface area (TPSA) is 51.8 Å². The van der Waals surface area contributed by atoms with Crippen LogP contribution in [-0.4, -0.2) is 9.97 Å². The van der Waals surface area contributed by atoms with Crippen LogP contribution in [0.25, 0.3) is 10.8 Å². The maximum absolute atomic E-state index is 5.97. The molecule has 2 N–H and O–H groups in total. The van der Waals surface area contributed by atoms with Gasteiger partial charge in [0, 0.05) is 51.0 Å². The second kappa shape index (κ2) is 4.66. The van der Waals surface area contributed by atoms with Gasteiger partial charge in [-0.15, -0.1) is 0 Å². The average Bonchev–Trinajstić information content (AvgIpc) is 2.44. The molecule has 1 aromatic carbocycles. The first-order valence-electron chi connectivity index (χ1n) is 5.55. The van der Waals surface area contributed by atoms with Crippen LogP contribution in [0.15, 0.2) is 64.9 Å². The Morgan fingerprint density at radius 2 is 1.61 bits per heavy atom. The van der Waals surface area contributed by atoms with Crippen molar-refractivity contribution in [3.63, 3.8) is 0 Å². The molecule has 0 aliphatic rings. The maximum atomic E-state index is 5.97. The van der Waals surface area contributed by atoms with Crippen molar-refractivity contribution >= 4 is 28.2 Å². The van der Waals surface area contributed by atoms with Crippen molar-refractivity contribution in [1.29, 1.82) is 0 Å². The highest BCUT2D eigenvalue weighted by atomic mass is 32.2. The molecule has 0 amide bonds. The number of anilines is 1. The van der Waals surface area contributed by atoms with Crippen LogP contribution >= 0.6 is 11.8 Å². The Morgan fingerprint density at radius 3 is 2.44 bits per heavy atom. The largest absolute Gasteiger partial charge is 0.398 e. The zero-order valence-corrected chi connectivity index (χ0v) is 10.4. The van der Waals surface area contributed by atoms with Gasteiger partial charge in [0.05, 0.1) is 0 Å². The van der Waals surface area contributed by atoms with Crippen molar-refractivity contribution < 1.29 is 0 Å². The van der Waals surface area contributed by atoms with Crippen LogP contribution in [0.1, 0.15) is 0 Å². The molecule has 0 saturated heterocycles. The van der Waals surface area contributed by atoms with Crippen molar-refractivity contribution in [2.75, 3.05) is 5.73 Å². The molecule has 2 aromatic heterocycles. The highest BCUT2D eigenvalue weighted by Crippen LogP contribution is 2.34. The number of aromatic nitrogens is 2. The maximum Gasteiger partial charge on any atom is 0.0395 e. The predicted molar refractivity (Wildman–Crippen MR) is 74.5 cm³/mol. The molecule has 0 atom stereocenters. The number of fused-ring (bicyclic) bond motifs is 1. The molecule has 0 fully saturated rings. The Bertz CT molecular complexity index is 683. The first-order valence-corrected chi connectivity index (χ1v) is 6.36. The van der Waals surface area contributed by atoms with Crippen LogP contribution in [0.5, 0.6) is 0 Å². The third-order valence-electron chi connectivity index (χ3n) is 2.69. The third kappa shape index (κ3) is 2.02. The normalized spacial score (nSPS) is 10.7. The zero-order chi connectivity index (χ0) is 12.4. The lowest BCUT2D eigenvalue weighted by atomic mass is 10.1. The quantitative estimate of drug-likeness (QED) is 0.711. The van der Waals surface area contributed by atoms with Gasteiger partial charge < -0.3 is 5.73 Å². The summed E-state index contributed by atoms with van der Waals surface area (Å²) < 4.78 is 0. The van der Waals surface area contributed by atoms with E-state index in [0.29, 0.717) is 0 Å². The van der Waals surface area contributed by atoms with Crippen molar-refractivity contribution in [1.82, 2.24) is 9.97 Å². The van der Waals surface area contributed by atoms with Crippen LogP contribution in [0.4, 0.5) is 5.69 Å². The summed E-state index contributed by atoms with van der Waals surface area (Å²) in [5.74, 6) is 0. The summed E-state index contributed by atoms with van der Waals surface area (Å²) in [4.78, 5) is 10.5. The molecule has 0 aliphatic heterocycles. The molecule has 0 spiro atoms. The van der Waals surface area contributed by atoms with E-state index in [2.05, 4.69) is 9.97 Å². The minimum Gasteiger partial charge on any atom is -0.398 e. The number of nitrogens with two attached hydrogens (primary N) is 1. The highest BCUT2D eigenvalue weighted by molar-refractivity contribution is 7.99. The van der Waals surface area contributed by atoms with Gasteiger partial charge in [-0.05, 0) is 30.3 Å². The van der Waals surface area contributed by atoms with Gasteiger partial charge in [0.1, 0.15) is 0 Å². The first-order chi connectivity index (χ1) is 8.84. The van der Waals surface area contributed by atoms with Crippen LogP contribution in [-0.2, 0) is 0 Å². The van der Waals surface area contributed by atoms with E-state index < -0.39 is 0 Å². The zero-order valence-electron chi connectivity index (χ0n) is 9.58. The van der Waals surface area contributed by atoms with E-state index in [4.69, 9.17) is 5.73 Å². The number of nitrogen functional groups attached to an aromatic ring is 1. The number of pyridine rings is 2. The van der Waals surface area contributed by atoms with Gasteiger partial charge in [0.25, 0.3) is 0 Å². The average molecular weight is 253 g/mol. The monoisotopic (exact) mass is 253 g/mol. The number of rotatable bonds is 2. The van der Waals surface area contributed by atoms with E-state index in [1.807, 2.05) is 36.5 Å². The lowest BCUT2D eigenvalue weighted by Crippen LogP contribution is -1.88. The van der Waals surface area contributed by atoms with Crippen LogP contribution in [0.2, 0.25) is 0 Å². The summed E-state index contributed by atoms with van der Waals surface area (Å²) in [5.41, 5.74) is 6.76. The second-order valence-electron chi connectivity index (χ2n) is 3.86. The summed E-state index contributed by atoms with van der Waals surface area (Å²) in [6, 6.07) is 9.89. The van der Waals surface area contributed by atoms with E-state index >= 15 is 0 Å². The predicted octanol–water partition coefficient (Wildman–Crippen LogP) is 3.36. The van der Waals surface area contributed by atoms with Gasteiger partial charge in [0.15, 0.2) is 0 Å². The van der Waals surface area contributed by atoms with Gasteiger partial charge in [-0.2, -0.15) is 0 Å². The summed E-state index contributed by atoms with van der Waals surface area (Å²) in [7, 11) is 0. The van der Waals surface area contributed by atoms with Crippen molar-refractivity contribution in [3.05, 3.63) is 55.1 Å². The van der Waals surface area contributed by atoms with Gasteiger partial charge in [-0.25, -0.2) is 0 Å². The molecule has 3 aromatic rings. The van der Waals surface area contributed by atoms with Crippen LogP contribution < -0.4 is 5.73 Å². The number of hydrogen-bond acceptors (Lipinski definition) is 4. The lowest BCUT2D eigenvalue weighted by molar-refractivity contribution is 1.26. The van der Waals surface area contributed by atoms with Gasteiger partial charge in [0.2, 0.25) is 0 Å². The fourth-order valence-corrected chi connectivity index (χ4v) is 2.73. The molecule has 0 aliphatic carbocycles. The van der Waals surface area contributed by atoms with Crippen molar-refractivity contribution in [2.45, 2.75) is 9.79 Å². The van der Waals surface area contributed by atoms with E-state index in [0.717, 1.165) is 26.3 Å². The Morgan fingerprint density at radius 1 is 0.833 bits per heavy atom. The molecular weight excluding hydrogens is 242 g/mol. The van der Waals surface area contributed by atoms with Gasteiger partial charge in [-0.1, -0.05) is 11.8 Å². The fraction of sp³-hybridized carbons (Fsp3) is 0. The first kappa shape index (κ1) is 11.0. The Balaban J connectivity index is 2.10. The number of hydrogen-bond donors (Lipinski definition) is 1. The Hall–Kier alpha value is -2.07. The summed E-state index contributed by atoms with van der Waals surface area (Å²) in [5, 5.41) is 2.13. The number of nitrogens with zero attached hydrogens (tertiary/aromatic N) is 2. The smallest absolute Gasteiger partial charge is 0.0395 e. The van der Waals surface area contributed by atoms with Crippen molar-refractivity contribution in [3.8, 4) is 0 Å². The molecule has 2 heterocycles. The van der Waals surface area contributed by atoms with E-state index in [-0.39, 0.29) is 0 Å². The molecular formula is C14H11N3S. The minimum atomic E-state index is 0.784. The van der Waals surface area contributed by atoms with E-state index in [9.17, 15) is 0 Å². The SMILES string of the molecule is Nc1ccc(Sc2ccncc2)c2cnccc12. The summed E-state index contributed by atoms with van der Waals surface area (Å²) >= 11 is 1.69. The molecule has 0 bridgehead atoms. The highest BCUT2D eigenvalue weighted by Gasteiger charge is 2.05. The van der Waals surface area contributed by atoms with Crippen LogP contribution in [0.3, 0.4) is 0 Å². The summed E-state index contributed by atoms with van der Waals surface area (Å²) in [6.07, 6.45) is 7.20. The standard InChI is InChI=1S/C14H11N3S/c15-13-1-2-14(12-9-17-8-5-11(12)13)18-10-3-6-16-7-4-10/h1-9H,15H2. The molecule has 0 radical (unpaired) electrons.